The van der Waals surface area contributed by atoms with Crippen LogP contribution in [-0.2, 0) is 6.42 Å². The van der Waals surface area contributed by atoms with E-state index >= 15 is 0 Å². The number of nitro groups is 1. The topological polar surface area (TPSA) is 114 Å². The number of nitrogens with zero attached hydrogens (tertiary/aromatic N) is 4. The Morgan fingerprint density at radius 1 is 1.09 bits per heavy atom. The third-order valence-corrected chi connectivity index (χ3v) is 6.42. The molecule has 0 saturated carbocycles. The fourth-order valence-electron chi connectivity index (χ4n) is 4.75. The van der Waals surface area contributed by atoms with Crippen molar-refractivity contribution in [2.24, 2.45) is 0 Å². The predicted octanol–water partition coefficient (Wildman–Crippen LogP) is 4.44. The predicted molar refractivity (Wildman–Crippen MR) is 122 cm³/mol. The van der Waals surface area contributed by atoms with Gasteiger partial charge in [-0.15, -0.1) is 10.2 Å². The van der Waals surface area contributed by atoms with Crippen LogP contribution in [0.25, 0.3) is 11.5 Å². The van der Waals surface area contributed by atoms with Crippen LogP contribution in [0.5, 0.6) is 0 Å². The van der Waals surface area contributed by atoms with Gasteiger partial charge in [0.25, 0.3) is 11.6 Å². The number of rotatable bonds is 5. The van der Waals surface area contributed by atoms with Crippen molar-refractivity contribution in [1.29, 1.82) is 0 Å². The first-order chi connectivity index (χ1) is 16.1. The van der Waals surface area contributed by atoms with Crippen LogP contribution in [0.2, 0.25) is 0 Å². The van der Waals surface area contributed by atoms with Gasteiger partial charge in [-0.2, -0.15) is 0 Å². The molecular weight excluding hydrogens is 422 g/mol. The molecule has 2 aromatic carbocycles. The molecule has 1 amide bonds. The first kappa shape index (κ1) is 21.1. The van der Waals surface area contributed by atoms with Crippen molar-refractivity contribution in [2.45, 2.75) is 44.6 Å². The highest BCUT2D eigenvalue weighted by Gasteiger charge is 2.27. The molecule has 0 unspecified atom stereocenters. The number of aromatic nitrogens is 2. The van der Waals surface area contributed by atoms with Gasteiger partial charge in [-0.3, -0.25) is 14.9 Å². The smallest absolute Gasteiger partial charge is 0.309 e. The molecule has 9 heteroatoms. The van der Waals surface area contributed by atoms with Gasteiger partial charge < -0.3 is 14.6 Å². The molecule has 1 saturated heterocycles. The number of carbonyl (C=O) groups excluding carboxylic acids is 1. The average molecular weight is 447 g/mol. The molecule has 1 aliphatic heterocycles. The minimum absolute atomic E-state index is 0.0326. The maximum atomic E-state index is 12.9. The second kappa shape index (κ2) is 9.01. The molecule has 3 aromatic rings. The zero-order chi connectivity index (χ0) is 22.8. The lowest BCUT2D eigenvalue weighted by molar-refractivity contribution is -0.384. The number of nitrogens with one attached hydrogen (secondary N) is 1. The molecule has 2 heterocycles. The molecule has 1 N–H and O–H groups in total. The SMILES string of the molecule is O=C(N[C@H]1CCCc2ccccc21)c1nnc(-c2cc(N3CCCCC3)ccc2[N+](=O)[O-])o1. The Labute approximate surface area is 191 Å². The molecule has 1 atom stereocenters. The first-order valence-corrected chi connectivity index (χ1v) is 11.4. The molecule has 1 aromatic heterocycles. The van der Waals surface area contributed by atoms with Gasteiger partial charge in [-0.1, -0.05) is 24.3 Å². The van der Waals surface area contributed by atoms with Gasteiger partial charge in [-0.05, 0) is 61.8 Å². The van der Waals surface area contributed by atoms with Crippen molar-refractivity contribution in [3.8, 4) is 11.5 Å². The van der Waals surface area contributed by atoms with Gasteiger partial charge in [0, 0.05) is 24.8 Å². The Hall–Kier alpha value is -3.75. The molecule has 5 rings (SSSR count). The number of benzene rings is 2. The summed E-state index contributed by atoms with van der Waals surface area (Å²) >= 11 is 0. The van der Waals surface area contributed by atoms with Crippen molar-refractivity contribution in [2.75, 3.05) is 18.0 Å². The van der Waals surface area contributed by atoms with Crippen LogP contribution in [0, 0.1) is 10.1 Å². The van der Waals surface area contributed by atoms with Crippen molar-refractivity contribution in [3.05, 3.63) is 69.6 Å². The van der Waals surface area contributed by atoms with Crippen molar-refractivity contribution in [1.82, 2.24) is 15.5 Å². The molecule has 0 spiro atoms. The molecule has 1 fully saturated rings. The molecule has 0 bridgehead atoms. The lowest BCUT2D eigenvalue weighted by Gasteiger charge is -2.28. The molecule has 170 valence electrons. The van der Waals surface area contributed by atoms with Gasteiger partial charge in [0.2, 0.25) is 0 Å². The maximum Gasteiger partial charge on any atom is 0.309 e. The zero-order valence-electron chi connectivity index (χ0n) is 18.2. The Bertz CT molecular complexity index is 1190. The van der Waals surface area contributed by atoms with E-state index in [2.05, 4.69) is 26.5 Å². The van der Waals surface area contributed by atoms with Crippen molar-refractivity contribution >= 4 is 17.3 Å². The molecule has 0 radical (unpaired) electrons. The molecule has 2 aliphatic rings. The van der Waals surface area contributed by atoms with Gasteiger partial charge in [0.1, 0.15) is 5.56 Å². The summed E-state index contributed by atoms with van der Waals surface area (Å²) in [5.41, 5.74) is 3.29. The standard InChI is InChI=1S/C24H25N5O4/c30-22(25-20-10-6-8-16-7-2-3-9-18(16)20)24-27-26-23(33-24)19-15-17(11-12-21(19)29(31)32)28-13-4-1-5-14-28/h2-3,7,9,11-12,15,20H,1,4-6,8,10,13-14H2,(H,25,30)/t20-/m0/s1. The minimum atomic E-state index is -0.481. The fourth-order valence-corrected chi connectivity index (χ4v) is 4.75. The van der Waals surface area contributed by atoms with Crippen LogP contribution in [0.3, 0.4) is 0 Å². The Balaban J connectivity index is 1.40. The molecule has 33 heavy (non-hydrogen) atoms. The van der Waals surface area contributed by atoms with E-state index in [9.17, 15) is 14.9 Å². The van der Waals surface area contributed by atoms with E-state index in [1.165, 1.54) is 18.1 Å². The minimum Gasteiger partial charge on any atom is -0.412 e. The van der Waals surface area contributed by atoms with Crippen LogP contribution in [0.1, 0.15) is 60.0 Å². The zero-order valence-corrected chi connectivity index (χ0v) is 18.2. The van der Waals surface area contributed by atoms with E-state index in [1.54, 1.807) is 12.1 Å². The summed E-state index contributed by atoms with van der Waals surface area (Å²) in [5.74, 6) is -0.717. The molecule has 1 aliphatic carbocycles. The van der Waals surface area contributed by atoms with Gasteiger partial charge in [0.15, 0.2) is 0 Å². The number of hydrogen-bond donors (Lipinski definition) is 1. The van der Waals surface area contributed by atoms with E-state index < -0.39 is 10.8 Å². The van der Waals surface area contributed by atoms with E-state index in [-0.39, 0.29) is 29.1 Å². The Morgan fingerprint density at radius 2 is 1.91 bits per heavy atom. The molecule has 9 nitrogen and oxygen atoms in total. The van der Waals surface area contributed by atoms with E-state index in [0.29, 0.717) is 0 Å². The Morgan fingerprint density at radius 3 is 2.73 bits per heavy atom. The van der Waals surface area contributed by atoms with E-state index in [0.717, 1.165) is 56.4 Å². The van der Waals surface area contributed by atoms with Crippen LogP contribution >= 0.6 is 0 Å². The summed E-state index contributed by atoms with van der Waals surface area (Å²) in [4.78, 5) is 26.2. The van der Waals surface area contributed by atoms with Crippen LogP contribution in [0.15, 0.2) is 46.9 Å². The number of anilines is 1. The maximum absolute atomic E-state index is 12.9. The summed E-state index contributed by atoms with van der Waals surface area (Å²) in [6.45, 7) is 1.80. The average Bonchev–Trinajstić information content (AvgIpc) is 3.35. The quantitative estimate of drug-likeness (QED) is 0.454. The third-order valence-electron chi connectivity index (χ3n) is 6.42. The van der Waals surface area contributed by atoms with Crippen molar-refractivity contribution in [3.63, 3.8) is 0 Å². The lowest BCUT2D eigenvalue weighted by atomic mass is 9.88. The summed E-state index contributed by atoms with van der Waals surface area (Å²) < 4.78 is 5.64. The van der Waals surface area contributed by atoms with Gasteiger partial charge in [0.05, 0.1) is 11.0 Å². The monoisotopic (exact) mass is 447 g/mol. The normalized spacial score (nSPS) is 17.9. The number of aryl methyl sites for hydroxylation is 1. The third kappa shape index (κ3) is 4.30. The van der Waals surface area contributed by atoms with Gasteiger partial charge in [-0.25, -0.2) is 0 Å². The fraction of sp³-hybridized carbons (Fsp3) is 0.375. The van der Waals surface area contributed by atoms with Gasteiger partial charge >= 0.3 is 11.8 Å². The van der Waals surface area contributed by atoms with E-state index in [4.69, 9.17) is 4.42 Å². The largest absolute Gasteiger partial charge is 0.412 e. The first-order valence-electron chi connectivity index (χ1n) is 11.4. The number of nitro benzene ring substituents is 1. The second-order valence-corrected chi connectivity index (χ2v) is 8.54. The Kier molecular flexibility index (Phi) is 5.77. The highest BCUT2D eigenvalue weighted by molar-refractivity contribution is 5.90. The number of piperidine rings is 1. The molecular formula is C24H25N5O4. The number of fused-ring (bicyclic) bond motifs is 1. The lowest BCUT2D eigenvalue weighted by Crippen LogP contribution is -2.31. The number of amides is 1. The number of hydrogen-bond acceptors (Lipinski definition) is 7. The highest BCUT2D eigenvalue weighted by atomic mass is 16.6. The van der Waals surface area contributed by atoms with E-state index in [1.807, 2.05) is 18.2 Å². The summed E-state index contributed by atoms with van der Waals surface area (Å²) in [6.07, 6.45) is 6.15. The van der Waals surface area contributed by atoms with Crippen LogP contribution in [-0.4, -0.2) is 34.1 Å². The highest BCUT2D eigenvalue weighted by Crippen LogP contribution is 2.34. The summed E-state index contributed by atoms with van der Waals surface area (Å²) in [6, 6.07) is 12.8. The summed E-state index contributed by atoms with van der Waals surface area (Å²) in [7, 11) is 0. The summed E-state index contributed by atoms with van der Waals surface area (Å²) in [5, 5.41) is 22.5. The van der Waals surface area contributed by atoms with Crippen molar-refractivity contribution < 1.29 is 14.1 Å². The van der Waals surface area contributed by atoms with Crippen LogP contribution < -0.4 is 10.2 Å². The van der Waals surface area contributed by atoms with Crippen LogP contribution in [0.4, 0.5) is 11.4 Å². The second-order valence-electron chi connectivity index (χ2n) is 8.54. The number of carbonyl (C=O) groups is 1.